The zero-order valence-electron chi connectivity index (χ0n) is 16.1. The molecule has 2 aromatic heterocycles. The number of carbonyl (C=O) groups is 2. The van der Waals surface area contributed by atoms with Gasteiger partial charge in [-0.05, 0) is 37.1 Å². The minimum absolute atomic E-state index is 0.0285. The van der Waals surface area contributed by atoms with Crippen LogP contribution in [0, 0.1) is 5.92 Å². The molecule has 1 aromatic carbocycles. The lowest BCUT2D eigenvalue weighted by atomic mass is 9.94. The van der Waals surface area contributed by atoms with Crippen LogP contribution in [0.1, 0.15) is 12.8 Å². The van der Waals surface area contributed by atoms with E-state index in [1.807, 2.05) is 36.4 Å². The first kappa shape index (κ1) is 17.6. The van der Waals surface area contributed by atoms with Crippen molar-refractivity contribution in [2.45, 2.75) is 12.8 Å². The normalized spacial score (nSPS) is 17.7. The first-order chi connectivity index (χ1) is 14.1. The van der Waals surface area contributed by atoms with E-state index >= 15 is 0 Å². The Balaban J connectivity index is 1.31. The number of rotatable bonds is 2. The third kappa shape index (κ3) is 2.98. The maximum atomic E-state index is 13.3. The van der Waals surface area contributed by atoms with E-state index in [-0.39, 0.29) is 24.3 Å². The van der Waals surface area contributed by atoms with E-state index in [0.29, 0.717) is 5.65 Å². The van der Waals surface area contributed by atoms with Gasteiger partial charge in [0.2, 0.25) is 11.8 Å². The molecule has 0 saturated carbocycles. The van der Waals surface area contributed by atoms with Gasteiger partial charge in [0.05, 0.1) is 11.4 Å². The minimum Gasteiger partial charge on any atom is -0.355 e. The number of likely N-dealkylation sites (N-methyl/N-ethyl adjacent to an activating group) is 1. The number of para-hydroxylation sites is 2. The fourth-order valence-electron chi connectivity index (χ4n) is 4.10. The number of aromatic nitrogens is 4. The van der Waals surface area contributed by atoms with E-state index in [0.717, 1.165) is 43.1 Å². The Bertz CT molecular complexity index is 1090. The molecule has 2 aliphatic heterocycles. The molecule has 0 aliphatic carbocycles. The molecular weight excluding hydrogens is 370 g/mol. The van der Waals surface area contributed by atoms with Crippen LogP contribution in [0.2, 0.25) is 0 Å². The zero-order valence-corrected chi connectivity index (χ0v) is 16.1. The maximum absolute atomic E-state index is 13.3. The summed E-state index contributed by atoms with van der Waals surface area (Å²) in [5.74, 6) is 0.708. The van der Waals surface area contributed by atoms with Crippen molar-refractivity contribution in [1.82, 2.24) is 19.8 Å². The quantitative estimate of drug-likeness (QED) is 0.655. The van der Waals surface area contributed by atoms with Crippen molar-refractivity contribution in [3.8, 4) is 0 Å². The summed E-state index contributed by atoms with van der Waals surface area (Å²) in [5, 5.41) is 12.4. The Morgan fingerprint density at radius 2 is 1.83 bits per heavy atom. The highest BCUT2D eigenvalue weighted by Gasteiger charge is 2.35. The Kier molecular flexibility index (Phi) is 4.15. The van der Waals surface area contributed by atoms with Crippen LogP contribution in [0.5, 0.6) is 0 Å². The topological polar surface area (TPSA) is 86.9 Å². The van der Waals surface area contributed by atoms with Crippen LogP contribution in [0.3, 0.4) is 0 Å². The van der Waals surface area contributed by atoms with Gasteiger partial charge in [-0.25, -0.2) is 0 Å². The lowest BCUT2D eigenvalue weighted by Gasteiger charge is -2.38. The SMILES string of the molecule is CN1C(=O)CN(C(=O)C2CCN(c3ccc4nncn4n3)CC2)c2ccccc21. The Labute approximate surface area is 167 Å². The summed E-state index contributed by atoms with van der Waals surface area (Å²) >= 11 is 0. The molecule has 2 amide bonds. The van der Waals surface area contributed by atoms with Gasteiger partial charge in [0.25, 0.3) is 0 Å². The number of benzene rings is 1. The summed E-state index contributed by atoms with van der Waals surface area (Å²) in [6, 6.07) is 11.4. The van der Waals surface area contributed by atoms with Crippen LogP contribution in [0.15, 0.2) is 42.7 Å². The molecule has 148 valence electrons. The van der Waals surface area contributed by atoms with Gasteiger partial charge in [-0.1, -0.05) is 12.1 Å². The van der Waals surface area contributed by atoms with E-state index < -0.39 is 0 Å². The smallest absolute Gasteiger partial charge is 0.246 e. The summed E-state index contributed by atoms with van der Waals surface area (Å²) in [4.78, 5) is 31.1. The van der Waals surface area contributed by atoms with E-state index in [2.05, 4.69) is 20.2 Å². The van der Waals surface area contributed by atoms with Crippen molar-refractivity contribution in [1.29, 1.82) is 0 Å². The number of hydrogen-bond donors (Lipinski definition) is 0. The van der Waals surface area contributed by atoms with E-state index in [9.17, 15) is 9.59 Å². The Morgan fingerprint density at radius 1 is 1.07 bits per heavy atom. The molecule has 3 aromatic rings. The Morgan fingerprint density at radius 3 is 2.62 bits per heavy atom. The van der Waals surface area contributed by atoms with Gasteiger partial charge in [-0.2, -0.15) is 4.52 Å². The van der Waals surface area contributed by atoms with Crippen LogP contribution >= 0.6 is 0 Å². The van der Waals surface area contributed by atoms with Crippen molar-refractivity contribution in [3.63, 3.8) is 0 Å². The molecule has 4 heterocycles. The molecule has 0 radical (unpaired) electrons. The number of fused-ring (bicyclic) bond motifs is 2. The third-order valence-electron chi connectivity index (χ3n) is 5.78. The predicted octanol–water partition coefficient (Wildman–Crippen LogP) is 1.35. The molecule has 29 heavy (non-hydrogen) atoms. The van der Waals surface area contributed by atoms with Gasteiger partial charge in [0.1, 0.15) is 18.7 Å². The number of amides is 2. The van der Waals surface area contributed by atoms with E-state index in [1.54, 1.807) is 27.7 Å². The van der Waals surface area contributed by atoms with Crippen molar-refractivity contribution >= 4 is 34.7 Å². The lowest BCUT2D eigenvalue weighted by molar-refractivity contribution is -0.125. The molecule has 0 N–H and O–H groups in total. The van der Waals surface area contributed by atoms with E-state index in [1.165, 1.54) is 0 Å². The summed E-state index contributed by atoms with van der Waals surface area (Å²) in [7, 11) is 1.75. The molecule has 9 heteroatoms. The Hall–Kier alpha value is -3.49. The van der Waals surface area contributed by atoms with Crippen LogP contribution in [0.4, 0.5) is 17.2 Å². The highest BCUT2D eigenvalue weighted by atomic mass is 16.2. The number of nitrogens with zero attached hydrogens (tertiary/aromatic N) is 7. The molecular formula is C20H21N7O2. The average molecular weight is 391 g/mol. The monoisotopic (exact) mass is 391 g/mol. The maximum Gasteiger partial charge on any atom is 0.246 e. The number of carbonyl (C=O) groups excluding carboxylic acids is 2. The molecule has 9 nitrogen and oxygen atoms in total. The van der Waals surface area contributed by atoms with Gasteiger partial charge in [0, 0.05) is 26.1 Å². The molecule has 1 saturated heterocycles. The van der Waals surface area contributed by atoms with Gasteiger partial charge >= 0.3 is 0 Å². The van der Waals surface area contributed by atoms with Gasteiger partial charge in [-0.15, -0.1) is 15.3 Å². The summed E-state index contributed by atoms with van der Waals surface area (Å²) in [6.07, 6.45) is 3.03. The van der Waals surface area contributed by atoms with Crippen molar-refractivity contribution in [2.75, 3.05) is 41.4 Å². The number of hydrogen-bond acceptors (Lipinski definition) is 6. The van der Waals surface area contributed by atoms with E-state index in [4.69, 9.17) is 0 Å². The number of anilines is 3. The van der Waals surface area contributed by atoms with Crippen LogP contribution in [-0.4, -0.2) is 58.3 Å². The second kappa shape index (κ2) is 6.84. The second-order valence-corrected chi connectivity index (χ2v) is 7.45. The van der Waals surface area contributed by atoms with Gasteiger partial charge in [-0.3, -0.25) is 9.59 Å². The molecule has 0 unspecified atom stereocenters. The highest BCUT2D eigenvalue weighted by molar-refractivity contribution is 6.11. The van der Waals surface area contributed by atoms with Crippen LogP contribution < -0.4 is 14.7 Å². The molecule has 0 atom stereocenters. The highest BCUT2D eigenvalue weighted by Crippen LogP contribution is 2.34. The largest absolute Gasteiger partial charge is 0.355 e. The minimum atomic E-state index is -0.103. The average Bonchev–Trinajstić information content (AvgIpc) is 3.24. The lowest BCUT2D eigenvalue weighted by Crippen LogP contribution is -2.50. The standard InChI is InChI=1S/C20H21N7O2/c1-24-15-4-2-3-5-16(15)26(12-19(24)28)20(29)14-8-10-25(11-9-14)18-7-6-17-22-21-13-27(17)23-18/h2-7,13-14H,8-12H2,1H3. The third-order valence-corrected chi connectivity index (χ3v) is 5.78. The summed E-state index contributed by atoms with van der Waals surface area (Å²) in [6.45, 7) is 1.57. The van der Waals surface area contributed by atoms with Crippen molar-refractivity contribution in [3.05, 3.63) is 42.7 Å². The fraction of sp³-hybridized carbons (Fsp3) is 0.350. The van der Waals surface area contributed by atoms with Crippen LogP contribution in [0.25, 0.3) is 5.65 Å². The molecule has 0 bridgehead atoms. The molecule has 5 rings (SSSR count). The van der Waals surface area contributed by atoms with Crippen LogP contribution in [-0.2, 0) is 9.59 Å². The summed E-state index contributed by atoms with van der Waals surface area (Å²) in [5.41, 5.74) is 2.29. The van der Waals surface area contributed by atoms with Crippen molar-refractivity contribution < 1.29 is 9.59 Å². The first-order valence-corrected chi connectivity index (χ1v) is 9.71. The first-order valence-electron chi connectivity index (χ1n) is 9.71. The zero-order chi connectivity index (χ0) is 20.0. The molecule has 2 aliphatic rings. The second-order valence-electron chi connectivity index (χ2n) is 7.45. The molecule has 0 spiro atoms. The van der Waals surface area contributed by atoms with Gasteiger partial charge in [0.15, 0.2) is 5.65 Å². The predicted molar refractivity (Wildman–Crippen MR) is 108 cm³/mol. The fourth-order valence-corrected chi connectivity index (χ4v) is 4.10. The van der Waals surface area contributed by atoms with Crippen molar-refractivity contribution in [2.24, 2.45) is 5.92 Å². The summed E-state index contributed by atoms with van der Waals surface area (Å²) < 4.78 is 1.65. The number of piperidine rings is 1. The van der Waals surface area contributed by atoms with Gasteiger partial charge < -0.3 is 14.7 Å². The molecule has 1 fully saturated rings.